The van der Waals surface area contributed by atoms with Gasteiger partial charge in [0.2, 0.25) is 0 Å². The van der Waals surface area contributed by atoms with Gasteiger partial charge in [-0.05, 0) is 45.5 Å². The van der Waals surface area contributed by atoms with Gasteiger partial charge >= 0.3 is 0 Å². The lowest BCUT2D eigenvalue weighted by Crippen LogP contribution is -2.43. The zero-order valence-corrected chi connectivity index (χ0v) is 14.1. The minimum absolute atomic E-state index is 0.226. The van der Waals surface area contributed by atoms with Crippen molar-refractivity contribution in [2.45, 2.75) is 45.8 Å². The standard InChI is InChI=1S/C14H27PSi/c1-11-9-14(4,13(3)12(11)2)16(7,8)10-15(5)6/h9H,10H2,1-8H3. The van der Waals surface area contributed by atoms with E-state index in [0.717, 1.165) is 0 Å². The number of hydrogen-bond donors (Lipinski definition) is 0. The van der Waals surface area contributed by atoms with Gasteiger partial charge in [0.25, 0.3) is 0 Å². The Morgan fingerprint density at radius 3 is 2.00 bits per heavy atom. The molecule has 0 N–H and O–H groups in total. The van der Waals surface area contributed by atoms with E-state index in [4.69, 9.17) is 0 Å². The molecule has 16 heavy (non-hydrogen) atoms. The zero-order chi connectivity index (χ0) is 12.7. The van der Waals surface area contributed by atoms with E-state index in [2.05, 4.69) is 60.2 Å². The fourth-order valence-electron chi connectivity index (χ4n) is 2.99. The van der Waals surface area contributed by atoms with E-state index >= 15 is 0 Å². The number of hydrogen-bond acceptors (Lipinski definition) is 0. The van der Waals surface area contributed by atoms with Crippen molar-refractivity contribution >= 4 is 16.0 Å². The molecular formula is C14H27PSi. The summed E-state index contributed by atoms with van der Waals surface area (Å²) >= 11 is 0. The minimum Gasteiger partial charge on any atom is -0.116 e. The highest BCUT2D eigenvalue weighted by molar-refractivity contribution is 7.59. The lowest BCUT2D eigenvalue weighted by Gasteiger charge is -2.41. The van der Waals surface area contributed by atoms with E-state index < -0.39 is 8.07 Å². The summed E-state index contributed by atoms with van der Waals surface area (Å²) in [4.78, 5) is 0. The van der Waals surface area contributed by atoms with Crippen molar-refractivity contribution < 1.29 is 0 Å². The molecule has 1 rings (SSSR count). The van der Waals surface area contributed by atoms with Gasteiger partial charge in [-0.25, -0.2) is 0 Å². The van der Waals surface area contributed by atoms with Crippen LogP contribution < -0.4 is 0 Å². The third-order valence-corrected chi connectivity index (χ3v) is 13.6. The molecule has 0 amide bonds. The van der Waals surface area contributed by atoms with Crippen molar-refractivity contribution in [1.29, 1.82) is 0 Å². The molecular weight excluding hydrogens is 227 g/mol. The van der Waals surface area contributed by atoms with Crippen molar-refractivity contribution in [3.63, 3.8) is 0 Å². The van der Waals surface area contributed by atoms with E-state index in [-0.39, 0.29) is 7.92 Å². The van der Waals surface area contributed by atoms with Crippen LogP contribution in [0, 0.1) is 0 Å². The average Bonchev–Trinajstić information content (AvgIpc) is 2.29. The quantitative estimate of drug-likeness (QED) is 0.489. The monoisotopic (exact) mass is 254 g/mol. The van der Waals surface area contributed by atoms with Crippen molar-refractivity contribution in [2.24, 2.45) is 0 Å². The largest absolute Gasteiger partial charge is 0.116 e. The van der Waals surface area contributed by atoms with Gasteiger partial charge < -0.3 is 0 Å². The van der Waals surface area contributed by atoms with E-state index in [0.29, 0.717) is 5.04 Å². The molecule has 1 atom stereocenters. The molecule has 1 aliphatic carbocycles. The first-order chi connectivity index (χ1) is 7.12. The molecule has 0 radical (unpaired) electrons. The van der Waals surface area contributed by atoms with E-state index in [9.17, 15) is 0 Å². The van der Waals surface area contributed by atoms with E-state index in [1.165, 1.54) is 11.4 Å². The topological polar surface area (TPSA) is 0 Å². The molecule has 2 heteroatoms. The lowest BCUT2D eigenvalue weighted by molar-refractivity contribution is 0.850. The van der Waals surface area contributed by atoms with Gasteiger partial charge in [-0.3, -0.25) is 0 Å². The van der Waals surface area contributed by atoms with Crippen LogP contribution >= 0.6 is 7.92 Å². The van der Waals surface area contributed by atoms with Crippen molar-refractivity contribution in [3.05, 3.63) is 22.8 Å². The second-order valence-corrected chi connectivity index (χ2v) is 14.6. The van der Waals surface area contributed by atoms with E-state index in [1.807, 2.05) is 0 Å². The Hall–Kier alpha value is 0.127. The van der Waals surface area contributed by atoms with Gasteiger partial charge in [0.05, 0.1) is 8.07 Å². The Kier molecular flexibility index (Phi) is 3.92. The molecule has 0 fully saturated rings. The second kappa shape index (κ2) is 4.42. The van der Waals surface area contributed by atoms with Crippen LogP contribution in [0.15, 0.2) is 22.8 Å². The van der Waals surface area contributed by atoms with Gasteiger partial charge in [0, 0.05) is 5.04 Å². The Morgan fingerprint density at radius 1 is 1.19 bits per heavy atom. The second-order valence-electron chi connectivity index (χ2n) is 6.40. The predicted molar refractivity (Wildman–Crippen MR) is 81.6 cm³/mol. The first kappa shape index (κ1) is 14.2. The van der Waals surface area contributed by atoms with Crippen molar-refractivity contribution in [2.75, 3.05) is 19.1 Å². The SMILES string of the molecule is CC1=CC(C)([Si](C)(C)CP(C)C)C(C)=C1C. The molecule has 0 nitrogen and oxygen atoms in total. The fraction of sp³-hybridized carbons (Fsp3) is 0.714. The van der Waals surface area contributed by atoms with Gasteiger partial charge in [-0.15, -0.1) is 7.92 Å². The Balaban J connectivity index is 3.14. The molecule has 0 bridgehead atoms. The molecule has 0 aromatic rings. The summed E-state index contributed by atoms with van der Waals surface area (Å²) in [6, 6.07) is 0. The molecule has 0 aliphatic heterocycles. The van der Waals surface area contributed by atoms with Gasteiger partial charge in [0.1, 0.15) is 0 Å². The molecule has 0 spiro atoms. The summed E-state index contributed by atoms with van der Waals surface area (Å²) < 4.78 is 0. The highest BCUT2D eigenvalue weighted by Crippen LogP contribution is 2.55. The maximum Gasteiger partial charge on any atom is 0.0669 e. The Bertz CT molecular complexity index is 350. The summed E-state index contributed by atoms with van der Waals surface area (Å²) in [5.41, 5.74) is 4.69. The zero-order valence-electron chi connectivity index (χ0n) is 12.2. The van der Waals surface area contributed by atoms with Crippen LogP contribution in [0.4, 0.5) is 0 Å². The highest BCUT2D eigenvalue weighted by atomic mass is 31.1. The summed E-state index contributed by atoms with van der Waals surface area (Å²) in [6.45, 7) is 19.4. The number of allylic oxidation sites excluding steroid dienone is 4. The first-order valence-electron chi connectivity index (χ1n) is 6.14. The minimum atomic E-state index is -1.21. The van der Waals surface area contributed by atoms with Gasteiger partial charge in [0.15, 0.2) is 0 Å². The maximum atomic E-state index is 2.57. The van der Waals surface area contributed by atoms with Crippen LogP contribution in [0.1, 0.15) is 27.7 Å². The summed E-state index contributed by atoms with van der Waals surface area (Å²) in [7, 11) is -0.984. The molecule has 0 heterocycles. The van der Waals surface area contributed by atoms with Gasteiger partial charge in [-0.1, -0.05) is 37.2 Å². The summed E-state index contributed by atoms with van der Waals surface area (Å²) in [5.74, 6) is 1.48. The molecule has 0 saturated carbocycles. The van der Waals surface area contributed by atoms with Crippen LogP contribution in [-0.2, 0) is 0 Å². The molecule has 0 aromatic heterocycles. The third-order valence-electron chi connectivity index (χ3n) is 4.56. The first-order valence-corrected chi connectivity index (χ1v) is 11.8. The molecule has 0 saturated heterocycles. The average molecular weight is 254 g/mol. The van der Waals surface area contributed by atoms with Crippen molar-refractivity contribution in [1.82, 2.24) is 0 Å². The van der Waals surface area contributed by atoms with Crippen LogP contribution in [-0.4, -0.2) is 27.2 Å². The fourth-order valence-corrected chi connectivity index (χ4v) is 12.4. The van der Waals surface area contributed by atoms with Crippen LogP contribution in [0.5, 0.6) is 0 Å². The predicted octanol–water partition coefficient (Wildman–Crippen LogP) is 5.03. The van der Waals surface area contributed by atoms with Gasteiger partial charge in [-0.2, -0.15) is 0 Å². The van der Waals surface area contributed by atoms with E-state index in [1.54, 1.807) is 11.1 Å². The Morgan fingerprint density at radius 2 is 1.69 bits per heavy atom. The van der Waals surface area contributed by atoms with Crippen LogP contribution in [0.2, 0.25) is 18.1 Å². The van der Waals surface area contributed by atoms with Crippen LogP contribution in [0.25, 0.3) is 0 Å². The Labute approximate surface area is 104 Å². The highest BCUT2D eigenvalue weighted by Gasteiger charge is 2.45. The lowest BCUT2D eigenvalue weighted by atomic mass is 10.0. The van der Waals surface area contributed by atoms with Crippen LogP contribution in [0.3, 0.4) is 0 Å². The summed E-state index contributed by atoms with van der Waals surface area (Å²) in [6.07, 6.45) is 2.56. The normalized spacial score (nSPS) is 26.7. The third kappa shape index (κ3) is 2.22. The maximum absolute atomic E-state index is 2.57. The summed E-state index contributed by atoms with van der Waals surface area (Å²) in [5, 5.41) is 0.397. The van der Waals surface area contributed by atoms with Crippen molar-refractivity contribution in [3.8, 4) is 0 Å². The number of rotatable bonds is 3. The molecule has 1 aliphatic rings. The molecule has 1 unspecified atom stereocenters. The molecule has 92 valence electrons. The smallest absolute Gasteiger partial charge is 0.0669 e. The molecule has 0 aromatic carbocycles.